The largest absolute Gasteiger partial charge is 0.395 e. The standard InChI is InChI=1S/C15H20N6O2S.C8H10ClN.2C2H6/c1-11-17-13(19-15-16-9-12(10-23)24-15)8-14(18-11)21-4-2-20(3-5-21)6-7-22;1-6-4-3-5-7(9)8(6)10-2;2*1-2/h8-10,22H,2-7H2,1H3,(H,16,17,18,19);3-5,10H,1-2H3;2*1-2H3. The number of carbonyl (C=O) groups is 1. The van der Waals surface area contributed by atoms with Gasteiger partial charge in [0.05, 0.1) is 28.4 Å². The van der Waals surface area contributed by atoms with Crippen LogP contribution in [-0.2, 0) is 0 Å². The summed E-state index contributed by atoms with van der Waals surface area (Å²) in [7, 11) is 1.87. The highest BCUT2D eigenvalue weighted by molar-refractivity contribution is 7.17. The molecule has 0 aliphatic carbocycles. The molecule has 1 aliphatic rings. The molecule has 0 atom stereocenters. The van der Waals surface area contributed by atoms with Gasteiger partial charge in [0.25, 0.3) is 0 Å². The van der Waals surface area contributed by atoms with Gasteiger partial charge in [0.15, 0.2) is 11.4 Å². The van der Waals surface area contributed by atoms with E-state index in [4.69, 9.17) is 16.7 Å². The second-order valence-corrected chi connectivity index (χ2v) is 9.17. The first-order chi connectivity index (χ1) is 18.4. The monoisotopic (exact) mass is 563 g/mol. The Morgan fingerprint density at radius 2 is 1.79 bits per heavy atom. The Kier molecular flexibility index (Phi) is 16.1. The summed E-state index contributed by atoms with van der Waals surface area (Å²) in [6.45, 7) is 16.3. The molecule has 3 aromatic rings. The number of carbonyl (C=O) groups excluding carboxylic acids is 1. The zero-order valence-corrected chi connectivity index (χ0v) is 25.2. The predicted octanol–water partition coefficient (Wildman–Crippen LogP) is 5.65. The van der Waals surface area contributed by atoms with E-state index >= 15 is 0 Å². The minimum absolute atomic E-state index is 0.192. The SMILES string of the molecule is CC.CC.CNc1c(C)cccc1Cl.Cc1nc(Nc2ncc(C=O)s2)cc(N2CCN(CCO)CC2)n1. The predicted molar refractivity (Wildman–Crippen MR) is 162 cm³/mol. The van der Waals surface area contributed by atoms with Crippen LogP contribution in [0.15, 0.2) is 30.5 Å². The van der Waals surface area contributed by atoms with Gasteiger partial charge in [-0.15, -0.1) is 0 Å². The fraction of sp³-hybridized carbons (Fsp3) is 0.481. The van der Waals surface area contributed by atoms with Crippen LogP contribution in [0.3, 0.4) is 0 Å². The average molecular weight is 564 g/mol. The summed E-state index contributed by atoms with van der Waals surface area (Å²) in [6, 6.07) is 7.74. The Morgan fingerprint density at radius 3 is 2.32 bits per heavy atom. The summed E-state index contributed by atoms with van der Waals surface area (Å²) in [5, 5.41) is 16.6. The smallest absolute Gasteiger partial charge is 0.188 e. The van der Waals surface area contributed by atoms with Crippen molar-refractivity contribution in [1.29, 1.82) is 0 Å². The molecule has 9 nitrogen and oxygen atoms in total. The van der Waals surface area contributed by atoms with Crippen LogP contribution in [0.5, 0.6) is 0 Å². The highest BCUT2D eigenvalue weighted by Crippen LogP contribution is 2.25. The first kappa shape index (κ1) is 33.2. The number of β-amino-alcohol motifs (C(OH)–C–C–N with tert-alkyl or cyclic N) is 1. The van der Waals surface area contributed by atoms with Crippen LogP contribution >= 0.6 is 22.9 Å². The lowest BCUT2D eigenvalue weighted by molar-refractivity contribution is 0.112. The van der Waals surface area contributed by atoms with Crippen molar-refractivity contribution in [2.45, 2.75) is 41.5 Å². The second-order valence-electron chi connectivity index (χ2n) is 7.70. The molecule has 1 aliphatic heterocycles. The van der Waals surface area contributed by atoms with E-state index < -0.39 is 0 Å². The number of piperazine rings is 1. The van der Waals surface area contributed by atoms with Gasteiger partial charge in [-0.05, 0) is 25.5 Å². The van der Waals surface area contributed by atoms with Crippen molar-refractivity contribution in [3.8, 4) is 0 Å². The van der Waals surface area contributed by atoms with Gasteiger partial charge in [-0.25, -0.2) is 15.0 Å². The Balaban J connectivity index is 0.000000431. The molecule has 11 heteroatoms. The van der Waals surface area contributed by atoms with Crippen LogP contribution in [0.1, 0.15) is 48.8 Å². The lowest BCUT2D eigenvalue weighted by Gasteiger charge is -2.35. The van der Waals surface area contributed by atoms with Crippen molar-refractivity contribution in [3.05, 3.63) is 51.7 Å². The van der Waals surface area contributed by atoms with E-state index in [9.17, 15) is 4.79 Å². The minimum atomic E-state index is 0.192. The van der Waals surface area contributed by atoms with E-state index in [1.54, 1.807) is 0 Å². The number of rotatable bonds is 7. The number of nitrogens with one attached hydrogen (secondary N) is 2. The van der Waals surface area contributed by atoms with Crippen molar-refractivity contribution < 1.29 is 9.90 Å². The van der Waals surface area contributed by atoms with Crippen LogP contribution < -0.4 is 15.5 Å². The molecule has 0 unspecified atom stereocenters. The van der Waals surface area contributed by atoms with Gasteiger partial charge in [0.1, 0.15) is 17.5 Å². The van der Waals surface area contributed by atoms with E-state index in [0.29, 0.717) is 28.2 Å². The molecule has 0 saturated carbocycles. The van der Waals surface area contributed by atoms with Crippen LogP contribution in [-0.4, -0.2) is 77.6 Å². The fourth-order valence-electron chi connectivity index (χ4n) is 3.58. The maximum absolute atomic E-state index is 10.8. The van der Waals surface area contributed by atoms with Gasteiger partial charge >= 0.3 is 0 Å². The number of aryl methyl sites for hydroxylation is 2. The van der Waals surface area contributed by atoms with E-state index in [0.717, 1.165) is 49.0 Å². The molecule has 210 valence electrons. The van der Waals surface area contributed by atoms with E-state index in [1.165, 1.54) is 23.1 Å². The van der Waals surface area contributed by atoms with E-state index in [1.807, 2.05) is 72.9 Å². The quantitative estimate of drug-likeness (QED) is 0.314. The van der Waals surface area contributed by atoms with Crippen LogP contribution in [0, 0.1) is 13.8 Å². The zero-order valence-electron chi connectivity index (χ0n) is 23.6. The van der Waals surface area contributed by atoms with Crippen molar-refractivity contribution in [3.63, 3.8) is 0 Å². The Labute approximate surface area is 236 Å². The topological polar surface area (TPSA) is 107 Å². The Bertz CT molecular complexity index is 1070. The van der Waals surface area contributed by atoms with Crippen molar-refractivity contribution in [2.24, 2.45) is 0 Å². The molecule has 38 heavy (non-hydrogen) atoms. The molecule has 3 N–H and O–H groups in total. The van der Waals surface area contributed by atoms with Crippen molar-refractivity contribution >= 4 is 51.7 Å². The van der Waals surface area contributed by atoms with Gasteiger partial charge in [-0.3, -0.25) is 9.69 Å². The number of benzene rings is 1. The third kappa shape index (κ3) is 10.5. The van der Waals surface area contributed by atoms with Gasteiger partial charge in [-0.1, -0.05) is 62.8 Å². The summed E-state index contributed by atoms with van der Waals surface area (Å²) in [6.07, 6.45) is 2.32. The first-order valence-corrected chi connectivity index (χ1v) is 14.2. The van der Waals surface area contributed by atoms with Crippen LogP contribution in [0.25, 0.3) is 0 Å². The summed E-state index contributed by atoms with van der Waals surface area (Å²) in [5.41, 5.74) is 2.19. The molecule has 4 rings (SSSR count). The van der Waals surface area contributed by atoms with Crippen LogP contribution in [0.2, 0.25) is 5.02 Å². The van der Waals surface area contributed by atoms with E-state index in [2.05, 4.69) is 35.4 Å². The molecule has 0 bridgehead atoms. The minimum Gasteiger partial charge on any atom is -0.395 e. The summed E-state index contributed by atoms with van der Waals surface area (Å²) < 4.78 is 0. The van der Waals surface area contributed by atoms with E-state index in [-0.39, 0.29) is 6.61 Å². The highest BCUT2D eigenvalue weighted by Gasteiger charge is 2.18. The molecule has 0 radical (unpaired) electrons. The number of aliphatic hydroxyl groups is 1. The Morgan fingerprint density at radius 1 is 1.11 bits per heavy atom. The molecule has 1 fully saturated rings. The molecule has 3 heterocycles. The number of nitrogens with zero attached hydrogens (tertiary/aromatic N) is 5. The third-order valence-corrected chi connectivity index (χ3v) is 6.44. The lowest BCUT2D eigenvalue weighted by Crippen LogP contribution is -2.47. The van der Waals surface area contributed by atoms with Gasteiger partial charge in [0.2, 0.25) is 0 Å². The molecule has 0 amide bonds. The number of aldehydes is 1. The lowest BCUT2D eigenvalue weighted by atomic mass is 10.2. The molecule has 0 spiro atoms. The highest BCUT2D eigenvalue weighted by atomic mass is 35.5. The number of hydrogen-bond donors (Lipinski definition) is 3. The number of aromatic nitrogens is 3. The average Bonchev–Trinajstić information content (AvgIpc) is 3.39. The molecule has 1 saturated heterocycles. The first-order valence-electron chi connectivity index (χ1n) is 13.0. The number of anilines is 4. The Hall–Kier alpha value is -2.79. The zero-order chi connectivity index (χ0) is 28.5. The van der Waals surface area contributed by atoms with Gasteiger partial charge in [0, 0.05) is 45.8 Å². The summed E-state index contributed by atoms with van der Waals surface area (Å²) in [5.74, 6) is 2.22. The third-order valence-electron chi connectivity index (χ3n) is 5.28. The molecular formula is C27H42ClN7O2S. The van der Waals surface area contributed by atoms with Gasteiger partial charge in [-0.2, -0.15) is 0 Å². The number of para-hydroxylation sites is 1. The normalized spacial score (nSPS) is 12.6. The maximum Gasteiger partial charge on any atom is 0.188 e. The number of thiazole rings is 1. The summed E-state index contributed by atoms with van der Waals surface area (Å²) in [4.78, 5) is 28.8. The summed E-state index contributed by atoms with van der Waals surface area (Å²) >= 11 is 7.15. The van der Waals surface area contributed by atoms with Crippen LogP contribution in [0.4, 0.5) is 22.5 Å². The molecular weight excluding hydrogens is 522 g/mol. The number of hydrogen-bond acceptors (Lipinski definition) is 10. The van der Waals surface area contributed by atoms with Crippen molar-refractivity contribution in [2.75, 3.05) is 61.9 Å². The fourth-order valence-corrected chi connectivity index (χ4v) is 4.53. The van der Waals surface area contributed by atoms with Gasteiger partial charge < -0.3 is 20.6 Å². The maximum atomic E-state index is 10.8. The number of halogens is 1. The number of aliphatic hydroxyl groups excluding tert-OH is 1. The van der Waals surface area contributed by atoms with Crippen molar-refractivity contribution in [1.82, 2.24) is 19.9 Å². The molecule has 2 aromatic heterocycles. The molecule has 1 aromatic carbocycles. The second kappa shape index (κ2) is 18.5.